The van der Waals surface area contributed by atoms with Crippen LogP contribution in [-0.2, 0) is 23.9 Å². The number of ether oxygens (including phenoxy) is 2. The van der Waals surface area contributed by atoms with Gasteiger partial charge in [0.05, 0.1) is 0 Å². The van der Waals surface area contributed by atoms with Gasteiger partial charge in [-0.25, -0.2) is 4.79 Å². The van der Waals surface area contributed by atoms with Gasteiger partial charge in [0.25, 0.3) is 5.91 Å². The molecule has 0 spiro atoms. The Bertz CT molecular complexity index is 956. The van der Waals surface area contributed by atoms with Crippen molar-refractivity contribution < 1.29 is 23.9 Å². The number of para-hydroxylation sites is 1. The number of carbonyl (C=O) groups excluding carboxylic acids is 3. The average Bonchev–Trinajstić information content (AvgIpc) is 3.15. The summed E-state index contributed by atoms with van der Waals surface area (Å²) in [7, 11) is 0. The van der Waals surface area contributed by atoms with Gasteiger partial charge in [0.15, 0.2) is 18.3 Å². The molecule has 1 heterocycles. The second-order valence-corrected chi connectivity index (χ2v) is 7.22. The highest BCUT2D eigenvalue weighted by molar-refractivity contribution is 6.20. The lowest BCUT2D eigenvalue weighted by atomic mass is 9.96. The van der Waals surface area contributed by atoms with E-state index in [-0.39, 0.29) is 24.0 Å². The number of rotatable bonds is 9. The Labute approximate surface area is 181 Å². The van der Waals surface area contributed by atoms with Gasteiger partial charge in [0, 0.05) is 18.2 Å². The Morgan fingerprint density at radius 2 is 1.71 bits per heavy atom. The maximum atomic E-state index is 12.6. The molecule has 2 aromatic rings. The Kier molecular flexibility index (Phi) is 7.43. The van der Waals surface area contributed by atoms with E-state index < -0.39 is 23.8 Å². The van der Waals surface area contributed by atoms with Gasteiger partial charge in [0.1, 0.15) is 0 Å². The topological polar surface area (TPSA) is 93.7 Å². The zero-order valence-corrected chi connectivity index (χ0v) is 17.6. The molecule has 0 saturated carbocycles. The molecular formula is C24H26N2O5. The van der Waals surface area contributed by atoms with E-state index in [1.807, 2.05) is 55.5 Å². The first-order valence-electron chi connectivity index (χ1n) is 10.3. The smallest absolute Gasteiger partial charge is 0.348 e. The van der Waals surface area contributed by atoms with Crippen LogP contribution in [-0.4, -0.2) is 36.9 Å². The molecule has 3 rings (SSSR count). The summed E-state index contributed by atoms with van der Waals surface area (Å²) in [6, 6.07) is 18.9. The van der Waals surface area contributed by atoms with Gasteiger partial charge in [-0.15, -0.1) is 0 Å². The van der Waals surface area contributed by atoms with E-state index in [0.29, 0.717) is 12.2 Å². The number of ketones is 1. The molecule has 162 valence electrons. The molecule has 1 amide bonds. The van der Waals surface area contributed by atoms with E-state index in [2.05, 4.69) is 10.6 Å². The van der Waals surface area contributed by atoms with E-state index in [4.69, 9.17) is 9.47 Å². The predicted octanol–water partition coefficient (Wildman–Crippen LogP) is 3.15. The first-order valence-corrected chi connectivity index (χ1v) is 10.3. The molecule has 0 fully saturated rings. The van der Waals surface area contributed by atoms with E-state index in [9.17, 15) is 14.4 Å². The molecular weight excluding hydrogens is 396 g/mol. The van der Waals surface area contributed by atoms with Crippen molar-refractivity contribution in [2.75, 3.05) is 18.5 Å². The first kappa shape index (κ1) is 22.1. The van der Waals surface area contributed by atoms with Crippen molar-refractivity contribution >= 4 is 23.3 Å². The van der Waals surface area contributed by atoms with E-state index in [1.54, 1.807) is 12.1 Å². The fraction of sp³-hybridized carbons (Fsp3) is 0.292. The lowest BCUT2D eigenvalue weighted by Crippen LogP contribution is -2.38. The van der Waals surface area contributed by atoms with Crippen molar-refractivity contribution in [2.45, 2.75) is 32.3 Å². The fourth-order valence-corrected chi connectivity index (χ4v) is 3.23. The minimum atomic E-state index is -1.06. The third kappa shape index (κ3) is 5.72. The summed E-state index contributed by atoms with van der Waals surface area (Å²) >= 11 is 0. The van der Waals surface area contributed by atoms with Crippen LogP contribution in [0.15, 0.2) is 72.1 Å². The number of benzene rings is 2. The number of carbonyl (C=O) groups is 3. The number of esters is 1. The highest BCUT2D eigenvalue weighted by Gasteiger charge is 2.34. The predicted molar refractivity (Wildman–Crippen MR) is 116 cm³/mol. The second-order valence-electron chi connectivity index (χ2n) is 7.22. The molecule has 2 atom stereocenters. The minimum absolute atomic E-state index is 0.0314. The van der Waals surface area contributed by atoms with Gasteiger partial charge in [0.2, 0.25) is 11.7 Å². The standard InChI is InChI=1S/C24H26N2O5/c1-3-17(18-10-6-4-7-11-18)14-25-22(28)16(2)31-24(29)21-20(27)15-30-23(21)26-19-12-8-5-9-13-19/h4-13,16-17,26H,3,14-15H2,1-2H3,(H,25,28)/t16-,17-/m1/s1. The molecule has 0 saturated heterocycles. The molecule has 1 aliphatic rings. The van der Waals surface area contributed by atoms with Crippen LogP contribution in [0, 0.1) is 0 Å². The summed E-state index contributed by atoms with van der Waals surface area (Å²) in [6.45, 7) is 3.69. The van der Waals surface area contributed by atoms with Crippen LogP contribution in [0.3, 0.4) is 0 Å². The minimum Gasteiger partial charge on any atom is -0.470 e. The molecule has 0 aliphatic carbocycles. The lowest BCUT2D eigenvalue weighted by molar-refractivity contribution is -0.151. The van der Waals surface area contributed by atoms with Gasteiger partial charge in [-0.3, -0.25) is 9.59 Å². The largest absolute Gasteiger partial charge is 0.470 e. The summed E-state index contributed by atoms with van der Waals surface area (Å²) in [5.41, 5.74) is 1.57. The molecule has 2 N–H and O–H groups in total. The molecule has 0 aromatic heterocycles. The molecule has 31 heavy (non-hydrogen) atoms. The number of hydrogen-bond acceptors (Lipinski definition) is 6. The summed E-state index contributed by atoms with van der Waals surface area (Å²) < 4.78 is 10.6. The van der Waals surface area contributed by atoms with Crippen molar-refractivity contribution in [1.82, 2.24) is 5.32 Å². The number of amides is 1. The summed E-state index contributed by atoms with van der Waals surface area (Å²) in [4.78, 5) is 37.2. The Morgan fingerprint density at radius 1 is 1.06 bits per heavy atom. The zero-order valence-electron chi connectivity index (χ0n) is 17.6. The maximum Gasteiger partial charge on any atom is 0.348 e. The molecule has 0 radical (unpaired) electrons. The Morgan fingerprint density at radius 3 is 2.35 bits per heavy atom. The summed E-state index contributed by atoms with van der Waals surface area (Å²) in [5, 5.41) is 5.73. The SMILES string of the molecule is CC[C@H](CNC(=O)[C@@H](C)OC(=O)C1=C(Nc2ccccc2)OCC1=O)c1ccccc1. The molecule has 0 bridgehead atoms. The first-order chi connectivity index (χ1) is 15.0. The highest BCUT2D eigenvalue weighted by Crippen LogP contribution is 2.21. The third-order valence-electron chi connectivity index (χ3n) is 5.03. The second kappa shape index (κ2) is 10.4. The van der Waals surface area contributed by atoms with Gasteiger partial charge >= 0.3 is 5.97 Å². The number of Topliss-reactive ketones (excluding diaryl/α,β-unsaturated/α-hetero) is 1. The molecule has 2 aromatic carbocycles. The van der Waals surface area contributed by atoms with Gasteiger partial charge in [-0.1, -0.05) is 55.5 Å². The number of hydrogen-bond donors (Lipinski definition) is 2. The maximum absolute atomic E-state index is 12.6. The normalized spacial score (nSPS) is 15.1. The fourth-order valence-electron chi connectivity index (χ4n) is 3.23. The van der Waals surface area contributed by atoms with Gasteiger partial charge in [-0.2, -0.15) is 0 Å². The quantitative estimate of drug-likeness (QED) is 0.476. The van der Waals surface area contributed by atoms with Crippen LogP contribution in [0.25, 0.3) is 0 Å². The highest BCUT2D eigenvalue weighted by atomic mass is 16.6. The Balaban J connectivity index is 1.60. The summed E-state index contributed by atoms with van der Waals surface area (Å²) in [5.74, 6) is -1.62. The lowest BCUT2D eigenvalue weighted by Gasteiger charge is -2.18. The van der Waals surface area contributed by atoms with E-state index >= 15 is 0 Å². The Hall–Kier alpha value is -3.61. The third-order valence-corrected chi connectivity index (χ3v) is 5.03. The molecule has 1 aliphatic heterocycles. The molecule has 7 nitrogen and oxygen atoms in total. The van der Waals surface area contributed by atoms with Crippen LogP contribution >= 0.6 is 0 Å². The van der Waals surface area contributed by atoms with Crippen LogP contribution in [0.1, 0.15) is 31.7 Å². The van der Waals surface area contributed by atoms with Crippen molar-refractivity contribution in [2.24, 2.45) is 0 Å². The van der Waals surface area contributed by atoms with Crippen molar-refractivity contribution in [3.8, 4) is 0 Å². The van der Waals surface area contributed by atoms with Crippen LogP contribution in [0.5, 0.6) is 0 Å². The number of nitrogens with one attached hydrogen (secondary N) is 2. The zero-order chi connectivity index (χ0) is 22.2. The van der Waals surface area contributed by atoms with Crippen LogP contribution in [0.2, 0.25) is 0 Å². The van der Waals surface area contributed by atoms with E-state index in [1.165, 1.54) is 6.92 Å². The summed E-state index contributed by atoms with van der Waals surface area (Å²) in [6.07, 6.45) is -0.203. The van der Waals surface area contributed by atoms with Gasteiger partial charge < -0.3 is 20.1 Å². The number of anilines is 1. The molecule has 0 unspecified atom stereocenters. The monoisotopic (exact) mass is 422 g/mol. The van der Waals surface area contributed by atoms with Crippen molar-refractivity contribution in [3.63, 3.8) is 0 Å². The van der Waals surface area contributed by atoms with Crippen molar-refractivity contribution in [3.05, 3.63) is 77.7 Å². The average molecular weight is 422 g/mol. The van der Waals surface area contributed by atoms with Gasteiger partial charge in [-0.05, 0) is 31.0 Å². The molecule has 7 heteroatoms. The van der Waals surface area contributed by atoms with E-state index in [0.717, 1.165) is 12.0 Å². The van der Waals surface area contributed by atoms with Crippen LogP contribution < -0.4 is 10.6 Å². The van der Waals surface area contributed by atoms with Crippen LogP contribution in [0.4, 0.5) is 5.69 Å². The van der Waals surface area contributed by atoms with Crippen molar-refractivity contribution in [1.29, 1.82) is 0 Å².